The van der Waals surface area contributed by atoms with Gasteiger partial charge in [0.2, 0.25) is 6.08 Å². The van der Waals surface area contributed by atoms with Crippen molar-refractivity contribution in [2.45, 2.75) is 19.8 Å². The van der Waals surface area contributed by atoms with E-state index in [2.05, 4.69) is 4.99 Å². The molecule has 0 bridgehead atoms. The first-order chi connectivity index (χ1) is 5.31. The molecule has 0 aromatic heterocycles. The Labute approximate surface area is 65.8 Å². The van der Waals surface area contributed by atoms with Crippen molar-refractivity contribution in [2.24, 2.45) is 4.99 Å². The number of allylic oxidation sites excluding steroid dienone is 2. The quantitative estimate of drug-likeness (QED) is 0.258. The molecule has 0 spiro atoms. The maximum Gasteiger partial charge on any atom is 0.234 e. The van der Waals surface area contributed by atoms with E-state index in [9.17, 15) is 9.59 Å². The van der Waals surface area contributed by atoms with Crippen LogP contribution in [0.5, 0.6) is 0 Å². The van der Waals surface area contributed by atoms with Crippen molar-refractivity contribution >= 4 is 11.9 Å². The summed E-state index contributed by atoms with van der Waals surface area (Å²) in [6, 6.07) is 0. The lowest BCUT2D eigenvalue weighted by Crippen LogP contribution is -1.93. The van der Waals surface area contributed by atoms with Gasteiger partial charge in [0, 0.05) is 6.42 Å². The minimum atomic E-state index is 0.0774. The zero-order chi connectivity index (χ0) is 8.53. The van der Waals surface area contributed by atoms with Gasteiger partial charge in [0.25, 0.3) is 0 Å². The van der Waals surface area contributed by atoms with Gasteiger partial charge in [0.05, 0.1) is 6.54 Å². The normalized spacial score (nSPS) is 9.55. The van der Waals surface area contributed by atoms with E-state index in [-0.39, 0.29) is 5.78 Å². The van der Waals surface area contributed by atoms with E-state index in [0.29, 0.717) is 19.4 Å². The lowest BCUT2D eigenvalue weighted by molar-refractivity contribution is -0.114. The summed E-state index contributed by atoms with van der Waals surface area (Å²) in [5, 5.41) is 0. The summed E-state index contributed by atoms with van der Waals surface area (Å²) in [4.78, 5) is 23.7. The molecule has 0 aromatic carbocycles. The fourth-order valence-electron chi connectivity index (χ4n) is 0.647. The van der Waals surface area contributed by atoms with Crippen molar-refractivity contribution in [1.29, 1.82) is 0 Å². The van der Waals surface area contributed by atoms with E-state index >= 15 is 0 Å². The number of aliphatic imine (C=N–C) groups is 1. The highest BCUT2D eigenvalue weighted by atomic mass is 16.1. The highest BCUT2D eigenvalue weighted by molar-refractivity contribution is 5.89. The summed E-state index contributed by atoms with van der Waals surface area (Å²) in [7, 11) is 0. The van der Waals surface area contributed by atoms with Crippen LogP contribution >= 0.6 is 0 Å². The number of isocyanates is 1. The van der Waals surface area contributed by atoms with Crippen LogP contribution in [0.3, 0.4) is 0 Å². The van der Waals surface area contributed by atoms with E-state index in [4.69, 9.17) is 0 Å². The molecule has 0 aliphatic rings. The maximum atomic E-state index is 10.8. The number of ketones is 1. The molecular formula is C8H11NO2. The van der Waals surface area contributed by atoms with Crippen molar-refractivity contribution in [2.75, 3.05) is 6.54 Å². The second kappa shape index (κ2) is 6.90. The average molecular weight is 153 g/mol. The van der Waals surface area contributed by atoms with Gasteiger partial charge in [-0.25, -0.2) is 9.79 Å². The number of nitrogens with zero attached hydrogens (tertiary/aromatic N) is 1. The van der Waals surface area contributed by atoms with Gasteiger partial charge in [-0.15, -0.1) is 0 Å². The molecule has 0 heterocycles. The lowest BCUT2D eigenvalue weighted by Gasteiger charge is -1.89. The van der Waals surface area contributed by atoms with Crippen LogP contribution in [0.15, 0.2) is 17.1 Å². The van der Waals surface area contributed by atoms with E-state index in [1.807, 2.05) is 0 Å². The molecule has 0 saturated carbocycles. The van der Waals surface area contributed by atoms with Gasteiger partial charge in [-0.3, -0.25) is 4.79 Å². The number of carbonyl (C=O) groups is 1. The summed E-state index contributed by atoms with van der Waals surface area (Å²) in [5.74, 6) is 0.0774. The summed E-state index contributed by atoms with van der Waals surface area (Å²) in [6.45, 7) is 2.19. The molecule has 3 heteroatoms. The highest BCUT2D eigenvalue weighted by Crippen LogP contribution is 1.92. The number of carbonyl (C=O) groups excluding carboxylic acids is 2. The van der Waals surface area contributed by atoms with Crippen molar-refractivity contribution < 1.29 is 9.59 Å². The third-order valence-corrected chi connectivity index (χ3v) is 1.11. The third kappa shape index (κ3) is 6.68. The monoisotopic (exact) mass is 153 g/mol. The predicted octanol–water partition coefficient (Wildman–Crippen LogP) is 1.25. The maximum absolute atomic E-state index is 10.8. The average Bonchev–Trinajstić information content (AvgIpc) is 1.99. The van der Waals surface area contributed by atoms with Crippen molar-refractivity contribution in [3.8, 4) is 0 Å². The summed E-state index contributed by atoms with van der Waals surface area (Å²) in [6.07, 6.45) is 5.71. The van der Waals surface area contributed by atoms with E-state index in [0.717, 1.165) is 0 Å². The minimum Gasteiger partial charge on any atom is -0.295 e. The van der Waals surface area contributed by atoms with E-state index in [1.165, 1.54) is 12.2 Å². The third-order valence-electron chi connectivity index (χ3n) is 1.11. The second-order valence-corrected chi connectivity index (χ2v) is 2.04. The smallest absolute Gasteiger partial charge is 0.234 e. The van der Waals surface area contributed by atoms with Crippen LogP contribution in [0.2, 0.25) is 0 Å². The molecule has 0 radical (unpaired) electrons. The van der Waals surface area contributed by atoms with Crippen LogP contribution in [-0.2, 0) is 9.59 Å². The first-order valence-electron chi connectivity index (χ1n) is 3.50. The number of hydrogen-bond donors (Lipinski definition) is 0. The van der Waals surface area contributed by atoms with E-state index in [1.54, 1.807) is 13.0 Å². The Morgan fingerprint density at radius 2 is 2.36 bits per heavy atom. The zero-order valence-corrected chi connectivity index (χ0v) is 6.54. The molecule has 0 amide bonds. The Balaban J connectivity index is 3.38. The molecule has 0 aliphatic carbocycles. The lowest BCUT2D eigenvalue weighted by atomic mass is 10.2. The standard InChI is InChI=1S/C8H11NO2/c1-2-4-8(11)5-3-6-9-7-10/h2,4H,3,5-6H2,1H3. The van der Waals surface area contributed by atoms with Gasteiger partial charge in [0.15, 0.2) is 5.78 Å². The topological polar surface area (TPSA) is 46.5 Å². The van der Waals surface area contributed by atoms with Gasteiger partial charge in [-0.05, 0) is 19.4 Å². The van der Waals surface area contributed by atoms with Gasteiger partial charge >= 0.3 is 0 Å². The fourth-order valence-corrected chi connectivity index (χ4v) is 0.647. The van der Waals surface area contributed by atoms with Crippen molar-refractivity contribution in [3.63, 3.8) is 0 Å². The number of hydrogen-bond acceptors (Lipinski definition) is 3. The first kappa shape index (κ1) is 9.79. The second-order valence-electron chi connectivity index (χ2n) is 2.04. The molecule has 0 aliphatic heterocycles. The molecule has 60 valence electrons. The summed E-state index contributed by atoms with van der Waals surface area (Å²) in [5.41, 5.74) is 0. The molecule has 0 rings (SSSR count). The zero-order valence-electron chi connectivity index (χ0n) is 6.54. The number of rotatable bonds is 5. The molecule has 0 N–H and O–H groups in total. The predicted molar refractivity (Wildman–Crippen MR) is 42.0 cm³/mol. The molecular weight excluding hydrogens is 142 g/mol. The molecule has 0 aromatic rings. The summed E-state index contributed by atoms with van der Waals surface area (Å²) >= 11 is 0. The highest BCUT2D eigenvalue weighted by Gasteiger charge is 1.93. The van der Waals surface area contributed by atoms with Crippen molar-refractivity contribution in [1.82, 2.24) is 0 Å². The van der Waals surface area contributed by atoms with Gasteiger partial charge in [-0.2, -0.15) is 0 Å². The van der Waals surface area contributed by atoms with Gasteiger partial charge < -0.3 is 0 Å². The Kier molecular flexibility index (Phi) is 6.14. The van der Waals surface area contributed by atoms with Crippen LogP contribution in [-0.4, -0.2) is 18.4 Å². The molecule has 0 atom stereocenters. The van der Waals surface area contributed by atoms with Crippen LogP contribution in [0.4, 0.5) is 0 Å². The molecule has 0 fully saturated rings. The Hall–Kier alpha value is -1.21. The first-order valence-corrected chi connectivity index (χ1v) is 3.50. The van der Waals surface area contributed by atoms with Crippen LogP contribution in [0.1, 0.15) is 19.8 Å². The largest absolute Gasteiger partial charge is 0.295 e. The van der Waals surface area contributed by atoms with Gasteiger partial charge in [-0.1, -0.05) is 6.08 Å². The summed E-state index contributed by atoms with van der Waals surface area (Å²) < 4.78 is 0. The Morgan fingerprint density at radius 1 is 1.64 bits per heavy atom. The molecule has 0 unspecified atom stereocenters. The van der Waals surface area contributed by atoms with Crippen molar-refractivity contribution in [3.05, 3.63) is 12.2 Å². The van der Waals surface area contributed by atoms with Crippen LogP contribution in [0.25, 0.3) is 0 Å². The van der Waals surface area contributed by atoms with Crippen LogP contribution in [0, 0.1) is 0 Å². The molecule has 3 nitrogen and oxygen atoms in total. The Bertz CT molecular complexity index is 190. The van der Waals surface area contributed by atoms with Crippen LogP contribution < -0.4 is 0 Å². The molecule has 0 saturated heterocycles. The van der Waals surface area contributed by atoms with E-state index < -0.39 is 0 Å². The Morgan fingerprint density at radius 3 is 2.91 bits per heavy atom. The fraction of sp³-hybridized carbons (Fsp3) is 0.500. The van der Waals surface area contributed by atoms with Gasteiger partial charge in [0.1, 0.15) is 0 Å². The SMILES string of the molecule is CC=CC(=O)CCCN=C=O. The molecule has 11 heavy (non-hydrogen) atoms. The minimum absolute atomic E-state index is 0.0774.